The van der Waals surface area contributed by atoms with E-state index in [1.165, 1.54) is 9.58 Å². The first-order valence-electron chi connectivity index (χ1n) is 18.0. The zero-order valence-electron chi connectivity index (χ0n) is 34.1. The molecule has 9 nitrogen and oxygen atoms in total. The van der Waals surface area contributed by atoms with Crippen molar-refractivity contribution in [1.29, 1.82) is 0 Å². The number of nitrogens with zero attached hydrogens (tertiary/aromatic N) is 6. The van der Waals surface area contributed by atoms with Crippen LogP contribution in [0, 0.1) is 0 Å². The molecule has 0 aliphatic rings. The molecule has 0 spiro atoms. The number of carbonyl (C=O) groups is 1. The molecule has 2 heterocycles. The van der Waals surface area contributed by atoms with E-state index in [9.17, 15) is 9.18 Å². The fourth-order valence-electron chi connectivity index (χ4n) is 4.28. The lowest BCUT2D eigenvalue weighted by molar-refractivity contribution is -0.0000159. The van der Waals surface area contributed by atoms with Gasteiger partial charge >= 0.3 is 6.03 Å². The Morgan fingerprint density at radius 2 is 0.855 bits per heavy atom. The molecule has 1 amide bonds. The van der Waals surface area contributed by atoms with Crippen LogP contribution in [0.5, 0.6) is 23.0 Å². The van der Waals surface area contributed by atoms with E-state index >= 15 is 0 Å². The van der Waals surface area contributed by atoms with Gasteiger partial charge in [-0.25, -0.2) is 9.48 Å². The summed E-state index contributed by atoms with van der Waals surface area (Å²) in [5.41, 5.74) is 3.98. The summed E-state index contributed by atoms with van der Waals surface area (Å²) >= 11 is 0. The van der Waals surface area contributed by atoms with E-state index in [0.717, 1.165) is 51.1 Å². The van der Waals surface area contributed by atoms with Crippen LogP contribution in [0.2, 0.25) is 0 Å². The van der Waals surface area contributed by atoms with E-state index in [-0.39, 0.29) is 10.7 Å². The van der Waals surface area contributed by atoms with Crippen molar-refractivity contribution in [3.05, 3.63) is 141 Å². The second-order valence-electron chi connectivity index (χ2n) is 10.7. The number of halogens is 2. The van der Waals surface area contributed by atoms with Gasteiger partial charge in [0.15, 0.2) is 0 Å². The van der Waals surface area contributed by atoms with E-state index in [4.69, 9.17) is 9.47 Å². The number of hydrogen-bond acceptors (Lipinski definition) is 6. The summed E-state index contributed by atoms with van der Waals surface area (Å²) in [5, 5.41) is 8.45. The van der Waals surface area contributed by atoms with E-state index < -0.39 is 0 Å². The monoisotopic (exact) mass is 753 g/mol. The highest BCUT2D eigenvalue weighted by atomic mass is 18.2. The molecule has 6 rings (SSSR count). The van der Waals surface area contributed by atoms with Gasteiger partial charge in [0.2, 0.25) is 0 Å². The highest BCUT2D eigenvalue weighted by Gasteiger charge is 2.10. The summed E-state index contributed by atoms with van der Waals surface area (Å²) in [4.78, 5) is 15.3. The Morgan fingerprint density at radius 3 is 1.20 bits per heavy atom. The average molecular weight is 754 g/mol. The molecule has 296 valence electrons. The van der Waals surface area contributed by atoms with E-state index in [1.54, 1.807) is 31.2 Å². The van der Waals surface area contributed by atoms with Crippen molar-refractivity contribution in [1.82, 2.24) is 29.4 Å². The van der Waals surface area contributed by atoms with E-state index in [1.807, 2.05) is 182 Å². The third kappa shape index (κ3) is 15.7. The van der Waals surface area contributed by atoms with Crippen LogP contribution < -0.4 is 14.2 Å². The summed E-state index contributed by atoms with van der Waals surface area (Å²) in [6.45, 7) is 16.0. The van der Waals surface area contributed by atoms with Crippen LogP contribution in [0.15, 0.2) is 141 Å². The fourth-order valence-corrected chi connectivity index (χ4v) is 4.28. The lowest BCUT2D eigenvalue weighted by atomic mass is 10.1. The lowest BCUT2D eigenvalue weighted by Crippen LogP contribution is -3.00. The van der Waals surface area contributed by atoms with Crippen LogP contribution in [0.1, 0.15) is 41.5 Å². The molecule has 0 radical (unpaired) electrons. The number of aromatic nitrogens is 4. The van der Waals surface area contributed by atoms with Gasteiger partial charge in [-0.3, -0.25) is 4.39 Å². The Hall–Kier alpha value is -6.23. The van der Waals surface area contributed by atoms with Crippen molar-refractivity contribution in [2.45, 2.75) is 41.5 Å². The van der Waals surface area contributed by atoms with Gasteiger partial charge in [-0.15, -0.1) is 0 Å². The average Bonchev–Trinajstić information content (AvgIpc) is 3.94. The molecule has 4 aromatic carbocycles. The Kier molecular flexibility index (Phi) is 24.3. The van der Waals surface area contributed by atoms with Crippen LogP contribution in [-0.4, -0.2) is 70.8 Å². The van der Waals surface area contributed by atoms with Gasteiger partial charge in [0.05, 0.1) is 19.6 Å². The second kappa shape index (κ2) is 27.4. The highest BCUT2D eigenvalue weighted by Crippen LogP contribution is 2.27. The van der Waals surface area contributed by atoms with Crippen LogP contribution >= 0.6 is 0 Å². The first kappa shape index (κ1) is 48.8. The number of para-hydroxylation sites is 2. The molecule has 0 unspecified atom stereocenters. The Labute approximate surface area is 326 Å². The van der Waals surface area contributed by atoms with Gasteiger partial charge < -0.3 is 24.0 Å². The molecule has 0 N–H and O–H groups in total. The summed E-state index contributed by atoms with van der Waals surface area (Å²) in [6.07, 6.45) is 7.20. The number of hydrogen-bond donors (Lipinski definition) is 0. The fraction of sp³-hybridized carbons (Fsp3) is 0.250. The molecule has 0 bridgehead atoms. The van der Waals surface area contributed by atoms with Gasteiger partial charge in [-0.05, 0) is 59.7 Å². The van der Waals surface area contributed by atoms with Crippen molar-refractivity contribution in [2.75, 3.05) is 35.4 Å². The Balaban J connectivity index is 0.000000885. The van der Waals surface area contributed by atoms with Crippen molar-refractivity contribution in [3.63, 3.8) is 0 Å². The van der Waals surface area contributed by atoms with Gasteiger partial charge in [0.1, 0.15) is 28.8 Å². The molecule has 55 heavy (non-hydrogen) atoms. The third-order valence-electron chi connectivity index (χ3n) is 6.86. The highest BCUT2D eigenvalue weighted by molar-refractivity contribution is 5.77. The molecule has 2 aromatic heterocycles. The molecule has 0 aliphatic heterocycles. The third-order valence-corrected chi connectivity index (χ3v) is 6.86. The molecular formula is C44H57F2N6O3-. The summed E-state index contributed by atoms with van der Waals surface area (Å²) in [6, 6.07) is 34.8. The first-order valence-corrected chi connectivity index (χ1v) is 18.0. The number of carbonyl (C=O) groups excluding carboxylic acids is 1. The van der Waals surface area contributed by atoms with E-state index in [0.29, 0.717) is 7.18 Å². The lowest BCUT2D eigenvalue weighted by Gasteiger charge is -2.14. The van der Waals surface area contributed by atoms with Gasteiger partial charge in [-0.2, -0.15) is 14.9 Å². The van der Waals surface area contributed by atoms with Crippen LogP contribution in [0.3, 0.4) is 0 Å². The van der Waals surface area contributed by atoms with Gasteiger partial charge in [0, 0.05) is 51.7 Å². The Morgan fingerprint density at radius 1 is 0.527 bits per heavy atom. The molecule has 0 atom stereocenters. The SMILES string of the molecule is C=C(N(C)C)n1cc(-c2ccc(Oc3ccccc3)cc2)cn1.CC.CC.CC.CN(C)C(=O)n1cc(-c2ccc(Oc3ccccc3)cc2)cn1.C[18F].[18F-]. The number of alkyl halides is 1. The normalized spacial score (nSPS) is 9.09. The van der Waals surface area contributed by atoms with Crippen molar-refractivity contribution >= 4 is 11.9 Å². The number of rotatable bonds is 8. The van der Waals surface area contributed by atoms with Crippen LogP contribution in [0.25, 0.3) is 28.1 Å². The molecule has 0 saturated heterocycles. The van der Waals surface area contributed by atoms with Crippen LogP contribution in [0.4, 0.5) is 9.18 Å². The molecule has 0 fully saturated rings. The number of ether oxygens (including phenoxy) is 2. The smallest absolute Gasteiger partial charge is 0.344 e. The predicted octanol–water partition coefficient (Wildman–Crippen LogP) is 8.87. The molecule has 11 heteroatoms. The summed E-state index contributed by atoms with van der Waals surface area (Å²) in [5.74, 6) is 4.02. The standard InChI is InChI=1S/C19H19N3O.C18H17N3O2.3C2H6.CH3F.FH/c1-15(21(2)3)22-14-17(13-20-22)16-9-11-19(12-10-16)23-18-7-5-4-6-8-18;1-20(2)18(22)21-13-15(12-19-21)14-8-10-17(11-9-14)23-16-6-4-3-5-7-16;4*1-2;/h4-14H,1H2,2-3H3;3-13H,1-2H3;3*1-2H3;1H3;1H/p-1/i;;;;;2-1;1-1. The molecule has 0 saturated carbocycles. The maximum Gasteiger partial charge on any atom is 0.344 e. The minimum atomic E-state index is -0.180. The maximum absolute atomic E-state index is 11.9. The van der Waals surface area contributed by atoms with Gasteiger partial charge in [0.25, 0.3) is 0 Å². The van der Waals surface area contributed by atoms with E-state index in [2.05, 4.69) is 16.8 Å². The second-order valence-corrected chi connectivity index (χ2v) is 10.7. The summed E-state index contributed by atoms with van der Waals surface area (Å²) in [7, 11) is 7.78. The maximum atomic E-state index is 11.9. The Bertz CT molecular complexity index is 1740. The quantitative estimate of drug-likeness (QED) is 0.155. The zero-order chi connectivity index (χ0) is 40.5. The molecule has 6 aromatic rings. The minimum Gasteiger partial charge on any atom is -1.00 e. The number of amides is 1. The predicted molar refractivity (Wildman–Crippen MR) is 223 cm³/mol. The molecule has 0 aliphatic carbocycles. The van der Waals surface area contributed by atoms with Crippen molar-refractivity contribution in [2.24, 2.45) is 0 Å². The topological polar surface area (TPSA) is 77.7 Å². The van der Waals surface area contributed by atoms with Crippen LogP contribution in [-0.2, 0) is 0 Å². The molecular weight excluding hydrogens is 697 g/mol. The first-order chi connectivity index (χ1) is 26.3. The van der Waals surface area contributed by atoms with Gasteiger partial charge in [-0.1, -0.05) is 109 Å². The van der Waals surface area contributed by atoms with Crippen molar-refractivity contribution < 1.29 is 23.4 Å². The minimum absolute atomic E-state index is 0. The largest absolute Gasteiger partial charge is 1.00 e. The van der Waals surface area contributed by atoms with Crippen molar-refractivity contribution in [3.8, 4) is 45.3 Å². The zero-order valence-corrected chi connectivity index (χ0v) is 34.1. The number of benzene rings is 4. The summed E-state index contributed by atoms with van der Waals surface area (Å²) < 4.78 is 24.2.